The van der Waals surface area contributed by atoms with Crippen LogP contribution in [0.25, 0.3) is 0 Å². The van der Waals surface area contributed by atoms with E-state index in [1.807, 2.05) is 0 Å². The monoisotopic (exact) mass is 251 g/mol. The summed E-state index contributed by atoms with van der Waals surface area (Å²) in [6.45, 7) is 0. The van der Waals surface area contributed by atoms with Crippen molar-refractivity contribution in [3.63, 3.8) is 0 Å². The second-order valence-electron chi connectivity index (χ2n) is 3.40. The average molecular weight is 251 g/mol. The summed E-state index contributed by atoms with van der Waals surface area (Å²) >= 11 is 1.02. The lowest BCUT2D eigenvalue weighted by Gasteiger charge is -2.02. The topological polar surface area (TPSA) is 87.4 Å². The van der Waals surface area contributed by atoms with Crippen molar-refractivity contribution in [2.24, 2.45) is 7.05 Å². The van der Waals surface area contributed by atoms with E-state index in [1.54, 1.807) is 29.9 Å². The van der Waals surface area contributed by atoms with Crippen LogP contribution in [0.1, 0.15) is 10.5 Å². The molecule has 0 aliphatic rings. The fourth-order valence-electron chi connectivity index (χ4n) is 1.32. The minimum Gasteiger partial charge on any atom is -0.423 e. The molecule has 8 heteroatoms. The Morgan fingerprint density at radius 1 is 1.59 bits per heavy atom. The van der Waals surface area contributed by atoms with E-state index >= 15 is 0 Å². The Morgan fingerprint density at radius 3 is 2.88 bits per heavy atom. The number of nitrogens with zero attached hydrogens (tertiary/aromatic N) is 2. The number of hydrogen-bond acceptors (Lipinski definition) is 5. The Hall–Kier alpha value is -1.64. The van der Waals surface area contributed by atoms with E-state index in [2.05, 4.69) is 10.3 Å². The standard InChI is InChI=1S/C9H10BN3O3S/c1-13-4-2-3-6(13)8(14)12-9-11-5-7(17-9)10(15)16/h2-5,15-16H,1H3,(H,11,12,14). The largest absolute Gasteiger partial charge is 0.500 e. The predicted octanol–water partition coefficient (Wildman–Crippen LogP) is -0.586. The van der Waals surface area contributed by atoms with E-state index in [0.29, 0.717) is 10.8 Å². The molecule has 0 bridgehead atoms. The van der Waals surface area contributed by atoms with Crippen molar-refractivity contribution < 1.29 is 14.8 Å². The molecular weight excluding hydrogens is 241 g/mol. The van der Waals surface area contributed by atoms with Gasteiger partial charge in [0, 0.05) is 19.4 Å². The molecule has 0 unspecified atom stereocenters. The molecule has 2 aromatic heterocycles. The summed E-state index contributed by atoms with van der Waals surface area (Å²) in [5.74, 6) is -0.286. The second kappa shape index (κ2) is 4.70. The van der Waals surface area contributed by atoms with Crippen LogP contribution in [0.15, 0.2) is 24.5 Å². The summed E-state index contributed by atoms with van der Waals surface area (Å²) in [7, 11) is 0.202. The van der Waals surface area contributed by atoms with Gasteiger partial charge in [0.1, 0.15) is 5.69 Å². The van der Waals surface area contributed by atoms with Gasteiger partial charge in [-0.05, 0) is 12.1 Å². The van der Waals surface area contributed by atoms with E-state index in [1.165, 1.54) is 6.20 Å². The van der Waals surface area contributed by atoms with Gasteiger partial charge in [-0.2, -0.15) is 0 Å². The van der Waals surface area contributed by atoms with Gasteiger partial charge in [0.05, 0.1) is 4.78 Å². The summed E-state index contributed by atoms with van der Waals surface area (Å²) < 4.78 is 1.97. The van der Waals surface area contributed by atoms with Crippen LogP contribution in [0.2, 0.25) is 0 Å². The van der Waals surface area contributed by atoms with E-state index in [0.717, 1.165) is 11.3 Å². The second-order valence-corrected chi connectivity index (χ2v) is 4.46. The van der Waals surface area contributed by atoms with Crippen molar-refractivity contribution in [2.45, 2.75) is 0 Å². The van der Waals surface area contributed by atoms with Gasteiger partial charge in [-0.25, -0.2) is 4.98 Å². The van der Waals surface area contributed by atoms with Gasteiger partial charge in [-0.15, -0.1) is 11.3 Å². The third kappa shape index (κ3) is 2.55. The normalized spacial score (nSPS) is 10.3. The highest BCUT2D eigenvalue weighted by molar-refractivity contribution is 7.25. The molecule has 2 heterocycles. The molecule has 3 N–H and O–H groups in total. The quantitative estimate of drug-likeness (QED) is 0.636. The van der Waals surface area contributed by atoms with Crippen LogP contribution in [0.4, 0.5) is 5.13 Å². The molecule has 2 rings (SSSR count). The fraction of sp³-hybridized carbons (Fsp3) is 0.111. The van der Waals surface area contributed by atoms with Gasteiger partial charge in [0.2, 0.25) is 0 Å². The molecule has 0 saturated heterocycles. The zero-order valence-electron chi connectivity index (χ0n) is 8.99. The number of anilines is 1. The van der Waals surface area contributed by atoms with E-state index in [4.69, 9.17) is 10.0 Å². The predicted molar refractivity (Wildman–Crippen MR) is 65.3 cm³/mol. The van der Waals surface area contributed by atoms with Crippen LogP contribution in [0.3, 0.4) is 0 Å². The summed E-state index contributed by atoms with van der Waals surface area (Å²) in [6.07, 6.45) is 3.08. The first kappa shape index (κ1) is 11.8. The number of rotatable bonds is 3. The number of hydrogen-bond donors (Lipinski definition) is 3. The first-order chi connectivity index (χ1) is 8.08. The van der Waals surface area contributed by atoms with Gasteiger partial charge in [0.15, 0.2) is 5.13 Å². The summed E-state index contributed by atoms with van der Waals surface area (Å²) in [4.78, 5) is 15.7. The molecule has 0 fully saturated rings. The summed E-state index contributed by atoms with van der Waals surface area (Å²) in [5.41, 5.74) is 0.506. The van der Waals surface area contributed by atoms with Gasteiger partial charge < -0.3 is 14.6 Å². The maximum Gasteiger partial charge on any atom is 0.500 e. The molecule has 0 radical (unpaired) electrons. The molecule has 0 aromatic carbocycles. The Kier molecular flexibility index (Phi) is 3.27. The zero-order chi connectivity index (χ0) is 12.4. The molecule has 0 saturated carbocycles. The lowest BCUT2D eigenvalue weighted by atomic mass is 9.91. The van der Waals surface area contributed by atoms with Crippen molar-refractivity contribution >= 4 is 34.3 Å². The molecule has 1 amide bonds. The number of amides is 1. The van der Waals surface area contributed by atoms with Crippen molar-refractivity contribution in [3.8, 4) is 0 Å². The average Bonchev–Trinajstić information content (AvgIpc) is 2.86. The molecule has 6 nitrogen and oxygen atoms in total. The molecule has 0 atom stereocenters. The first-order valence-corrected chi connectivity index (χ1v) is 5.64. The van der Waals surface area contributed by atoms with E-state index in [9.17, 15) is 4.79 Å². The number of nitrogens with one attached hydrogen (secondary N) is 1. The minimum absolute atomic E-state index is 0.284. The van der Waals surface area contributed by atoms with Crippen LogP contribution in [-0.4, -0.2) is 32.6 Å². The Bertz CT molecular complexity index is 537. The third-order valence-electron chi connectivity index (χ3n) is 2.17. The minimum atomic E-state index is -1.56. The Labute approximate surface area is 102 Å². The number of thiazole rings is 1. The van der Waals surface area contributed by atoms with E-state index in [-0.39, 0.29) is 10.7 Å². The number of aromatic nitrogens is 2. The van der Waals surface area contributed by atoms with Crippen molar-refractivity contribution in [1.82, 2.24) is 9.55 Å². The van der Waals surface area contributed by atoms with Crippen molar-refractivity contribution in [3.05, 3.63) is 30.2 Å². The third-order valence-corrected chi connectivity index (χ3v) is 3.13. The first-order valence-electron chi connectivity index (χ1n) is 4.82. The van der Waals surface area contributed by atoms with Crippen LogP contribution in [-0.2, 0) is 7.05 Å². The highest BCUT2D eigenvalue weighted by Gasteiger charge is 2.17. The maximum atomic E-state index is 11.8. The molecule has 2 aromatic rings. The highest BCUT2D eigenvalue weighted by atomic mass is 32.1. The lowest BCUT2D eigenvalue weighted by Crippen LogP contribution is -2.26. The van der Waals surface area contributed by atoms with Crippen LogP contribution in [0, 0.1) is 0 Å². The fourth-order valence-corrected chi connectivity index (χ4v) is 2.01. The van der Waals surface area contributed by atoms with Gasteiger partial charge in [-0.3, -0.25) is 10.1 Å². The molecule has 17 heavy (non-hydrogen) atoms. The lowest BCUT2D eigenvalue weighted by molar-refractivity contribution is 0.101. The molecule has 88 valence electrons. The molecule has 0 aliphatic carbocycles. The van der Waals surface area contributed by atoms with Crippen molar-refractivity contribution in [1.29, 1.82) is 0 Å². The Morgan fingerprint density at radius 2 is 2.35 bits per heavy atom. The molecular formula is C9H10BN3O3S. The smallest absolute Gasteiger partial charge is 0.423 e. The highest BCUT2D eigenvalue weighted by Crippen LogP contribution is 2.11. The summed E-state index contributed by atoms with van der Waals surface area (Å²) in [5, 5.41) is 20.7. The maximum absolute atomic E-state index is 11.8. The van der Waals surface area contributed by atoms with Gasteiger partial charge in [0.25, 0.3) is 5.91 Å². The molecule has 0 spiro atoms. The van der Waals surface area contributed by atoms with Crippen LogP contribution in [0.5, 0.6) is 0 Å². The van der Waals surface area contributed by atoms with Gasteiger partial charge in [-0.1, -0.05) is 0 Å². The SMILES string of the molecule is Cn1cccc1C(=O)Nc1ncc(B(O)O)s1. The van der Waals surface area contributed by atoms with Gasteiger partial charge >= 0.3 is 7.12 Å². The zero-order valence-corrected chi connectivity index (χ0v) is 9.81. The number of carbonyl (C=O) groups is 1. The van der Waals surface area contributed by atoms with Crippen LogP contribution < -0.4 is 10.1 Å². The van der Waals surface area contributed by atoms with E-state index < -0.39 is 7.12 Å². The molecule has 0 aliphatic heterocycles. The summed E-state index contributed by atoms with van der Waals surface area (Å²) in [6, 6.07) is 3.45. The Balaban J connectivity index is 2.11. The van der Waals surface area contributed by atoms with Crippen molar-refractivity contribution in [2.75, 3.05) is 5.32 Å². The van der Waals surface area contributed by atoms with Crippen LogP contribution >= 0.6 is 11.3 Å². The number of aryl methyl sites for hydroxylation is 1. The number of carbonyl (C=O) groups excluding carboxylic acids is 1.